The molecule has 1 heterocycles. The van der Waals surface area contributed by atoms with E-state index in [-0.39, 0.29) is 12.5 Å². The fourth-order valence-corrected chi connectivity index (χ4v) is 2.99. The molecule has 0 aromatic heterocycles. The topological polar surface area (TPSA) is 41.6 Å². The van der Waals surface area contributed by atoms with E-state index >= 15 is 0 Å². The lowest BCUT2D eigenvalue weighted by Crippen LogP contribution is -2.42. The van der Waals surface area contributed by atoms with Crippen LogP contribution in [0.15, 0.2) is 60.7 Å². The average molecular weight is 324 g/mol. The largest absolute Gasteiger partial charge is 0.484 e. The molecule has 24 heavy (non-hydrogen) atoms. The lowest BCUT2D eigenvalue weighted by atomic mass is 10.1. The third kappa shape index (κ3) is 4.83. The summed E-state index contributed by atoms with van der Waals surface area (Å²) in [6, 6.07) is 20.0. The van der Waals surface area contributed by atoms with E-state index < -0.39 is 0 Å². The summed E-state index contributed by atoms with van der Waals surface area (Å²) in [6.07, 6.45) is 2.30. The van der Waals surface area contributed by atoms with E-state index in [0.717, 1.165) is 30.8 Å². The van der Waals surface area contributed by atoms with Crippen LogP contribution in [0.25, 0.3) is 0 Å². The molecule has 4 nitrogen and oxygen atoms in total. The van der Waals surface area contributed by atoms with Crippen molar-refractivity contribution in [3.05, 3.63) is 66.2 Å². The molecule has 0 saturated carbocycles. The normalized spacial score (nSPS) is 16.8. The Morgan fingerprint density at radius 1 is 1.08 bits per heavy atom. The lowest BCUT2D eigenvalue weighted by Gasteiger charge is -2.26. The Balaban J connectivity index is 1.62. The number of para-hydroxylation sites is 1. The summed E-state index contributed by atoms with van der Waals surface area (Å²) in [4.78, 5) is 14.6. The zero-order valence-electron chi connectivity index (χ0n) is 13.9. The van der Waals surface area contributed by atoms with Crippen LogP contribution in [0, 0.1) is 0 Å². The Morgan fingerprint density at radius 2 is 1.79 bits per heavy atom. The van der Waals surface area contributed by atoms with Gasteiger partial charge in [-0.25, -0.2) is 0 Å². The predicted molar refractivity (Wildman–Crippen MR) is 94.8 cm³/mol. The van der Waals surface area contributed by atoms with Crippen molar-refractivity contribution < 1.29 is 9.53 Å². The van der Waals surface area contributed by atoms with Crippen molar-refractivity contribution in [1.82, 2.24) is 10.2 Å². The van der Waals surface area contributed by atoms with Crippen LogP contribution in [0.4, 0.5) is 0 Å². The number of hydrogen-bond donors (Lipinski definition) is 1. The minimum atomic E-state index is 0.0245. The number of benzene rings is 2. The summed E-state index contributed by atoms with van der Waals surface area (Å²) in [7, 11) is 0. The quantitative estimate of drug-likeness (QED) is 0.851. The number of carbonyl (C=O) groups is 1. The van der Waals surface area contributed by atoms with Gasteiger partial charge in [0.1, 0.15) is 5.75 Å². The van der Waals surface area contributed by atoms with Gasteiger partial charge in [0.15, 0.2) is 6.61 Å². The third-order valence-electron chi connectivity index (χ3n) is 4.28. The minimum absolute atomic E-state index is 0.0245. The van der Waals surface area contributed by atoms with Gasteiger partial charge in [-0.2, -0.15) is 0 Å². The fraction of sp³-hybridized carbons (Fsp3) is 0.350. The molecule has 0 spiro atoms. The summed E-state index contributed by atoms with van der Waals surface area (Å²) < 4.78 is 5.64. The number of amides is 1. The van der Waals surface area contributed by atoms with Crippen LogP contribution in [-0.4, -0.2) is 36.5 Å². The van der Waals surface area contributed by atoms with E-state index in [2.05, 4.69) is 17.4 Å². The van der Waals surface area contributed by atoms with Crippen molar-refractivity contribution in [1.29, 1.82) is 0 Å². The van der Waals surface area contributed by atoms with Crippen LogP contribution >= 0.6 is 0 Å². The maximum Gasteiger partial charge on any atom is 0.260 e. The second kappa shape index (κ2) is 8.50. The van der Waals surface area contributed by atoms with Gasteiger partial charge in [-0.1, -0.05) is 48.5 Å². The molecular formula is C20H24N2O2. The second-order valence-electron chi connectivity index (χ2n) is 6.15. The van der Waals surface area contributed by atoms with Crippen LogP contribution in [0.5, 0.6) is 5.75 Å². The highest BCUT2D eigenvalue weighted by Gasteiger charge is 2.22. The first-order valence-electron chi connectivity index (χ1n) is 8.54. The number of rotatable bonds is 7. The van der Waals surface area contributed by atoms with Crippen molar-refractivity contribution in [2.24, 2.45) is 0 Å². The molecule has 4 heteroatoms. The molecule has 0 unspecified atom stereocenters. The summed E-state index contributed by atoms with van der Waals surface area (Å²) in [5.41, 5.74) is 1.14. The number of nitrogens with one attached hydrogen (secondary N) is 1. The second-order valence-corrected chi connectivity index (χ2v) is 6.15. The molecule has 0 radical (unpaired) electrons. The molecule has 2 aromatic carbocycles. The first-order chi connectivity index (χ1) is 11.8. The number of hydrogen-bond acceptors (Lipinski definition) is 3. The first-order valence-corrected chi connectivity index (χ1v) is 8.54. The molecule has 2 aromatic rings. The van der Waals surface area contributed by atoms with Gasteiger partial charge >= 0.3 is 0 Å². The van der Waals surface area contributed by atoms with Crippen LogP contribution in [-0.2, 0) is 11.3 Å². The zero-order valence-corrected chi connectivity index (χ0v) is 13.9. The smallest absolute Gasteiger partial charge is 0.260 e. The van der Waals surface area contributed by atoms with Crippen molar-refractivity contribution in [2.45, 2.75) is 25.4 Å². The fourth-order valence-electron chi connectivity index (χ4n) is 2.99. The summed E-state index contributed by atoms with van der Waals surface area (Å²) in [5.74, 6) is 0.751. The molecule has 1 aliphatic heterocycles. The number of ether oxygens (including phenoxy) is 1. The lowest BCUT2D eigenvalue weighted by molar-refractivity contribution is -0.134. The number of nitrogens with zero attached hydrogens (tertiary/aromatic N) is 1. The molecule has 0 aliphatic carbocycles. The zero-order chi connectivity index (χ0) is 16.6. The molecule has 1 aliphatic rings. The molecule has 3 rings (SSSR count). The molecule has 0 bridgehead atoms. The van der Waals surface area contributed by atoms with Gasteiger partial charge in [0, 0.05) is 19.1 Å². The van der Waals surface area contributed by atoms with E-state index in [1.807, 2.05) is 53.4 Å². The molecular weight excluding hydrogens is 300 g/mol. The van der Waals surface area contributed by atoms with Crippen molar-refractivity contribution in [2.75, 3.05) is 19.7 Å². The van der Waals surface area contributed by atoms with Crippen LogP contribution in [0.1, 0.15) is 18.4 Å². The highest BCUT2D eigenvalue weighted by Crippen LogP contribution is 2.13. The highest BCUT2D eigenvalue weighted by atomic mass is 16.5. The molecule has 126 valence electrons. The Kier molecular flexibility index (Phi) is 5.85. The Morgan fingerprint density at radius 3 is 2.46 bits per heavy atom. The number of carbonyl (C=O) groups excluding carboxylic acids is 1. The summed E-state index contributed by atoms with van der Waals surface area (Å²) in [5, 5.41) is 3.47. The maximum absolute atomic E-state index is 12.7. The Labute approximate surface area is 143 Å². The Bertz CT molecular complexity index is 625. The van der Waals surface area contributed by atoms with Crippen LogP contribution in [0.3, 0.4) is 0 Å². The molecule has 1 atom stereocenters. The highest BCUT2D eigenvalue weighted by molar-refractivity contribution is 5.77. The maximum atomic E-state index is 12.7. The van der Waals surface area contributed by atoms with Crippen LogP contribution < -0.4 is 10.1 Å². The van der Waals surface area contributed by atoms with E-state index in [9.17, 15) is 4.79 Å². The van der Waals surface area contributed by atoms with E-state index in [1.54, 1.807) is 0 Å². The van der Waals surface area contributed by atoms with Gasteiger partial charge in [-0.3, -0.25) is 4.79 Å². The molecule has 1 saturated heterocycles. The van der Waals surface area contributed by atoms with Gasteiger partial charge in [0.2, 0.25) is 0 Å². The standard InChI is InChI=1S/C20H24N2O2/c23-20(16-24-19-11-5-2-6-12-19)22(15-18-10-7-13-21-18)14-17-8-3-1-4-9-17/h1-6,8-9,11-12,18,21H,7,10,13-16H2/t18-/m1/s1. The minimum Gasteiger partial charge on any atom is -0.484 e. The first kappa shape index (κ1) is 16.5. The van der Waals surface area contributed by atoms with Gasteiger partial charge in [0.05, 0.1) is 0 Å². The SMILES string of the molecule is O=C(COc1ccccc1)N(Cc1ccccc1)C[C@H]1CCCN1. The third-order valence-corrected chi connectivity index (χ3v) is 4.28. The average Bonchev–Trinajstić information content (AvgIpc) is 3.14. The summed E-state index contributed by atoms with van der Waals surface area (Å²) in [6.45, 7) is 2.46. The van der Waals surface area contributed by atoms with Gasteiger partial charge in [0.25, 0.3) is 5.91 Å². The Hall–Kier alpha value is -2.33. The summed E-state index contributed by atoms with van der Waals surface area (Å²) >= 11 is 0. The monoisotopic (exact) mass is 324 g/mol. The molecule has 1 amide bonds. The van der Waals surface area contributed by atoms with Crippen LogP contribution in [0.2, 0.25) is 0 Å². The van der Waals surface area contributed by atoms with Crippen molar-refractivity contribution in [3.8, 4) is 5.75 Å². The van der Waals surface area contributed by atoms with E-state index in [1.165, 1.54) is 6.42 Å². The van der Waals surface area contributed by atoms with E-state index in [0.29, 0.717) is 12.6 Å². The van der Waals surface area contributed by atoms with E-state index in [4.69, 9.17) is 4.74 Å². The molecule has 1 N–H and O–H groups in total. The van der Waals surface area contributed by atoms with Gasteiger partial charge in [-0.05, 0) is 37.1 Å². The van der Waals surface area contributed by atoms with Crippen molar-refractivity contribution >= 4 is 5.91 Å². The van der Waals surface area contributed by atoms with Gasteiger partial charge in [-0.15, -0.1) is 0 Å². The van der Waals surface area contributed by atoms with Crippen molar-refractivity contribution in [3.63, 3.8) is 0 Å². The van der Waals surface area contributed by atoms with Gasteiger partial charge < -0.3 is 15.0 Å². The predicted octanol–water partition coefficient (Wildman–Crippen LogP) is 2.85. The molecule has 1 fully saturated rings.